The molecule has 0 saturated carbocycles. The zero-order valence-electron chi connectivity index (χ0n) is 8.53. The summed E-state index contributed by atoms with van der Waals surface area (Å²) >= 11 is 0. The standard InChI is InChI=1S/C9H14N2O3/c1-11(2)10-6-7-4-5-14-8(7)9(12)13-3/h4-5,10H,6H2,1-3H3. The van der Waals surface area contributed by atoms with E-state index in [1.165, 1.54) is 13.4 Å². The van der Waals surface area contributed by atoms with E-state index in [-0.39, 0.29) is 5.76 Å². The van der Waals surface area contributed by atoms with E-state index < -0.39 is 5.97 Å². The Kier molecular flexibility index (Phi) is 3.67. The van der Waals surface area contributed by atoms with Crippen LogP contribution in [0.15, 0.2) is 16.7 Å². The van der Waals surface area contributed by atoms with Crippen molar-refractivity contribution in [3.8, 4) is 0 Å². The van der Waals surface area contributed by atoms with Crippen LogP contribution < -0.4 is 5.43 Å². The lowest BCUT2D eigenvalue weighted by molar-refractivity contribution is 0.0562. The Balaban J connectivity index is 2.67. The first kappa shape index (κ1) is 10.7. The molecular formula is C9H14N2O3. The molecule has 0 bridgehead atoms. The molecule has 0 saturated heterocycles. The van der Waals surface area contributed by atoms with Gasteiger partial charge in [0.15, 0.2) is 0 Å². The minimum Gasteiger partial charge on any atom is -0.463 e. The molecule has 1 rings (SSSR count). The van der Waals surface area contributed by atoms with E-state index in [0.29, 0.717) is 6.54 Å². The van der Waals surface area contributed by atoms with E-state index in [2.05, 4.69) is 10.2 Å². The highest BCUT2D eigenvalue weighted by atomic mass is 16.5. The number of hydrazine groups is 1. The molecule has 1 N–H and O–H groups in total. The van der Waals surface area contributed by atoms with Crippen molar-refractivity contribution >= 4 is 5.97 Å². The van der Waals surface area contributed by atoms with Crippen LogP contribution in [0.1, 0.15) is 16.1 Å². The third kappa shape index (κ3) is 2.58. The summed E-state index contributed by atoms with van der Waals surface area (Å²) < 4.78 is 9.58. The molecule has 0 aliphatic carbocycles. The summed E-state index contributed by atoms with van der Waals surface area (Å²) in [5.41, 5.74) is 3.82. The predicted molar refractivity (Wildman–Crippen MR) is 50.6 cm³/mol. The first-order valence-electron chi connectivity index (χ1n) is 4.20. The van der Waals surface area contributed by atoms with Crippen LogP contribution in [0, 0.1) is 0 Å². The number of furan rings is 1. The van der Waals surface area contributed by atoms with Crippen LogP contribution in [0.5, 0.6) is 0 Å². The second kappa shape index (κ2) is 4.78. The third-order valence-electron chi connectivity index (χ3n) is 1.70. The molecular weight excluding hydrogens is 184 g/mol. The SMILES string of the molecule is COC(=O)c1occc1CNN(C)C. The number of nitrogens with one attached hydrogen (secondary N) is 1. The van der Waals surface area contributed by atoms with Crippen molar-refractivity contribution in [2.24, 2.45) is 0 Å². The predicted octanol–water partition coefficient (Wildman–Crippen LogP) is 0.632. The van der Waals surface area contributed by atoms with Crippen molar-refractivity contribution < 1.29 is 13.9 Å². The van der Waals surface area contributed by atoms with Gasteiger partial charge in [-0.05, 0) is 6.07 Å². The molecule has 1 aromatic rings. The molecule has 1 aromatic heterocycles. The fourth-order valence-corrected chi connectivity index (χ4v) is 0.990. The lowest BCUT2D eigenvalue weighted by Gasteiger charge is -2.10. The summed E-state index contributed by atoms with van der Waals surface area (Å²) in [6.07, 6.45) is 1.47. The second-order valence-electron chi connectivity index (χ2n) is 3.00. The van der Waals surface area contributed by atoms with Gasteiger partial charge in [-0.1, -0.05) is 0 Å². The average Bonchev–Trinajstić information content (AvgIpc) is 2.61. The molecule has 78 valence electrons. The van der Waals surface area contributed by atoms with Crippen LogP contribution in [-0.2, 0) is 11.3 Å². The molecule has 5 nitrogen and oxygen atoms in total. The zero-order chi connectivity index (χ0) is 10.6. The first-order valence-corrected chi connectivity index (χ1v) is 4.20. The van der Waals surface area contributed by atoms with E-state index in [0.717, 1.165) is 5.56 Å². The Hall–Kier alpha value is -1.33. The van der Waals surface area contributed by atoms with E-state index >= 15 is 0 Å². The van der Waals surface area contributed by atoms with Gasteiger partial charge in [-0.15, -0.1) is 0 Å². The summed E-state index contributed by atoms with van der Waals surface area (Å²) in [6.45, 7) is 0.536. The fraction of sp³-hybridized carbons (Fsp3) is 0.444. The highest BCUT2D eigenvalue weighted by Crippen LogP contribution is 2.11. The van der Waals surface area contributed by atoms with Crippen LogP contribution in [0.2, 0.25) is 0 Å². The van der Waals surface area contributed by atoms with Gasteiger partial charge in [0.2, 0.25) is 5.76 Å². The van der Waals surface area contributed by atoms with Gasteiger partial charge in [0, 0.05) is 26.2 Å². The van der Waals surface area contributed by atoms with Crippen LogP contribution in [0.4, 0.5) is 0 Å². The summed E-state index contributed by atoms with van der Waals surface area (Å²) in [7, 11) is 5.07. The van der Waals surface area contributed by atoms with Crippen molar-refractivity contribution in [3.05, 3.63) is 23.7 Å². The molecule has 0 fully saturated rings. The number of esters is 1. The van der Waals surface area contributed by atoms with Crippen LogP contribution in [-0.4, -0.2) is 32.2 Å². The van der Waals surface area contributed by atoms with Gasteiger partial charge in [-0.3, -0.25) is 10.4 Å². The van der Waals surface area contributed by atoms with Gasteiger partial charge in [-0.2, -0.15) is 0 Å². The number of ether oxygens (including phenoxy) is 1. The van der Waals surface area contributed by atoms with E-state index in [1.807, 2.05) is 14.1 Å². The summed E-state index contributed by atoms with van der Waals surface area (Å²) in [4.78, 5) is 11.2. The van der Waals surface area contributed by atoms with Crippen molar-refractivity contribution in [3.63, 3.8) is 0 Å². The van der Waals surface area contributed by atoms with E-state index in [9.17, 15) is 4.79 Å². The summed E-state index contributed by atoms with van der Waals surface area (Å²) in [6, 6.07) is 1.74. The summed E-state index contributed by atoms with van der Waals surface area (Å²) in [5.74, 6) is -0.201. The highest BCUT2D eigenvalue weighted by molar-refractivity contribution is 5.87. The van der Waals surface area contributed by atoms with Crippen LogP contribution >= 0.6 is 0 Å². The van der Waals surface area contributed by atoms with E-state index in [4.69, 9.17) is 4.42 Å². The van der Waals surface area contributed by atoms with Gasteiger partial charge < -0.3 is 9.15 Å². The Morgan fingerprint density at radius 1 is 1.64 bits per heavy atom. The van der Waals surface area contributed by atoms with Gasteiger partial charge in [0.25, 0.3) is 0 Å². The van der Waals surface area contributed by atoms with Crippen LogP contribution in [0.25, 0.3) is 0 Å². The molecule has 0 spiro atoms. The monoisotopic (exact) mass is 198 g/mol. The molecule has 0 unspecified atom stereocenters. The fourth-order valence-electron chi connectivity index (χ4n) is 0.990. The number of carbonyl (C=O) groups is 1. The maximum Gasteiger partial charge on any atom is 0.374 e. The van der Waals surface area contributed by atoms with Crippen molar-refractivity contribution in [1.29, 1.82) is 0 Å². The Labute approximate surface area is 82.6 Å². The maximum atomic E-state index is 11.2. The smallest absolute Gasteiger partial charge is 0.374 e. The number of hydrogen-bond acceptors (Lipinski definition) is 5. The largest absolute Gasteiger partial charge is 0.463 e. The lowest BCUT2D eigenvalue weighted by Crippen LogP contribution is -2.30. The second-order valence-corrected chi connectivity index (χ2v) is 3.00. The molecule has 0 atom stereocenters. The van der Waals surface area contributed by atoms with Gasteiger partial charge >= 0.3 is 5.97 Å². The first-order chi connectivity index (χ1) is 6.65. The van der Waals surface area contributed by atoms with Crippen molar-refractivity contribution in [2.75, 3.05) is 21.2 Å². The number of nitrogens with zero attached hydrogens (tertiary/aromatic N) is 1. The van der Waals surface area contributed by atoms with Crippen LogP contribution in [0.3, 0.4) is 0 Å². The quantitative estimate of drug-likeness (QED) is 0.568. The maximum absolute atomic E-state index is 11.2. The Morgan fingerprint density at radius 3 is 2.93 bits per heavy atom. The molecule has 0 amide bonds. The number of rotatable bonds is 4. The minimum absolute atomic E-state index is 0.252. The Bertz CT molecular complexity index is 307. The van der Waals surface area contributed by atoms with Gasteiger partial charge in [0.1, 0.15) is 0 Å². The van der Waals surface area contributed by atoms with Gasteiger partial charge in [-0.25, -0.2) is 4.79 Å². The molecule has 0 radical (unpaired) electrons. The molecule has 14 heavy (non-hydrogen) atoms. The highest BCUT2D eigenvalue weighted by Gasteiger charge is 2.15. The lowest BCUT2D eigenvalue weighted by atomic mass is 10.2. The molecule has 0 aliphatic heterocycles. The van der Waals surface area contributed by atoms with Gasteiger partial charge in [0.05, 0.1) is 13.4 Å². The zero-order valence-corrected chi connectivity index (χ0v) is 8.53. The Morgan fingerprint density at radius 2 is 2.36 bits per heavy atom. The molecule has 5 heteroatoms. The molecule has 0 aromatic carbocycles. The van der Waals surface area contributed by atoms with E-state index in [1.54, 1.807) is 11.1 Å². The normalized spacial score (nSPS) is 10.6. The summed E-state index contributed by atoms with van der Waals surface area (Å²) in [5, 5.41) is 1.80. The van der Waals surface area contributed by atoms with Crippen molar-refractivity contribution in [2.45, 2.75) is 6.54 Å². The van der Waals surface area contributed by atoms with Crippen molar-refractivity contribution in [1.82, 2.24) is 10.4 Å². The number of methoxy groups -OCH3 is 1. The minimum atomic E-state index is -0.453. The topological polar surface area (TPSA) is 54.7 Å². The molecule has 1 heterocycles. The third-order valence-corrected chi connectivity index (χ3v) is 1.70. The number of carbonyl (C=O) groups excluding carboxylic acids is 1. The average molecular weight is 198 g/mol. The molecule has 0 aliphatic rings. The number of hydrogen-bond donors (Lipinski definition) is 1.